The minimum Gasteiger partial charge on any atom is -0.323 e. The zero-order valence-corrected chi connectivity index (χ0v) is 19.1. The largest absolute Gasteiger partial charge is 0.323 e. The summed E-state index contributed by atoms with van der Waals surface area (Å²) in [4.78, 5) is 19.3. The number of piperazine rings is 1. The van der Waals surface area contributed by atoms with E-state index < -0.39 is 0 Å². The smallest absolute Gasteiger partial charge is 0.261 e. The second kappa shape index (κ2) is 9.32. The molecule has 176 valence electrons. The molecule has 0 radical (unpaired) electrons. The van der Waals surface area contributed by atoms with Gasteiger partial charge in [-0.3, -0.25) is 14.4 Å². The predicted molar refractivity (Wildman–Crippen MR) is 128 cm³/mol. The lowest BCUT2D eigenvalue weighted by Crippen LogP contribution is -2.55. The van der Waals surface area contributed by atoms with Gasteiger partial charge >= 0.3 is 0 Å². The van der Waals surface area contributed by atoms with Crippen molar-refractivity contribution in [1.82, 2.24) is 34.8 Å². The Kier molecular flexibility index (Phi) is 6.08. The zero-order valence-electron chi connectivity index (χ0n) is 19.1. The molecule has 34 heavy (non-hydrogen) atoms. The van der Waals surface area contributed by atoms with Crippen LogP contribution in [0.15, 0.2) is 55.0 Å². The monoisotopic (exact) mass is 462 g/mol. The molecule has 4 aromatic rings. The Hall–Kier alpha value is -3.63. The van der Waals surface area contributed by atoms with E-state index in [1.54, 1.807) is 47.5 Å². The van der Waals surface area contributed by atoms with E-state index in [1.807, 2.05) is 6.07 Å². The van der Waals surface area contributed by atoms with Crippen LogP contribution in [0.3, 0.4) is 0 Å². The van der Waals surface area contributed by atoms with E-state index in [4.69, 9.17) is 0 Å². The van der Waals surface area contributed by atoms with Crippen molar-refractivity contribution in [3.05, 3.63) is 66.4 Å². The Morgan fingerprint density at radius 2 is 1.94 bits per heavy atom. The van der Waals surface area contributed by atoms with Gasteiger partial charge in [0.25, 0.3) is 5.91 Å². The summed E-state index contributed by atoms with van der Waals surface area (Å²) in [7, 11) is 0. The van der Waals surface area contributed by atoms with Crippen LogP contribution in [0.5, 0.6) is 0 Å². The van der Waals surface area contributed by atoms with E-state index in [0.717, 1.165) is 24.0 Å². The Balaban J connectivity index is 1.28. The van der Waals surface area contributed by atoms with Gasteiger partial charge in [0.05, 0.1) is 24.8 Å². The minimum atomic E-state index is -0.265. The first-order valence-electron chi connectivity index (χ1n) is 11.3. The van der Waals surface area contributed by atoms with Gasteiger partial charge in [-0.25, -0.2) is 14.1 Å². The van der Waals surface area contributed by atoms with Crippen molar-refractivity contribution in [2.75, 3.05) is 25.0 Å². The molecule has 2 unspecified atom stereocenters. The molecular weight excluding hydrogens is 435 g/mol. The van der Waals surface area contributed by atoms with E-state index in [-0.39, 0.29) is 11.7 Å². The molecule has 10 heteroatoms. The zero-order chi connectivity index (χ0) is 23.7. The van der Waals surface area contributed by atoms with E-state index >= 15 is 0 Å². The molecule has 2 N–H and O–H groups in total. The molecule has 2 atom stereocenters. The molecule has 0 saturated carbocycles. The van der Waals surface area contributed by atoms with Crippen LogP contribution in [0.4, 0.5) is 16.0 Å². The Morgan fingerprint density at radius 3 is 2.74 bits per heavy atom. The van der Waals surface area contributed by atoms with Crippen LogP contribution in [0, 0.1) is 5.82 Å². The molecule has 1 aliphatic rings. The van der Waals surface area contributed by atoms with Crippen molar-refractivity contribution >= 4 is 28.4 Å². The number of hydrogen-bond donors (Lipinski definition) is 2. The van der Waals surface area contributed by atoms with Gasteiger partial charge in [-0.05, 0) is 19.9 Å². The third-order valence-corrected chi connectivity index (χ3v) is 5.90. The summed E-state index contributed by atoms with van der Waals surface area (Å²) in [6.07, 6.45) is 5.07. The standard InChI is InChI=1S/C24H27FN8O/c1-16-12-31(13-17(2)28-16)15-24(34)32-8-7-22(30-32)29-23-9-21-19(10-26-23)11-27-33(21)14-18-5-3-4-6-20(18)25/h3-11,16-17,28H,12-15H2,1-2H3,(H,26,29,30). The summed E-state index contributed by atoms with van der Waals surface area (Å²) in [5.74, 6) is 0.729. The number of pyridine rings is 1. The molecule has 1 aliphatic heterocycles. The molecule has 1 saturated heterocycles. The average Bonchev–Trinajstić information content (AvgIpc) is 3.42. The number of carbonyl (C=O) groups is 1. The minimum absolute atomic E-state index is 0.0827. The number of nitrogens with one attached hydrogen (secondary N) is 2. The normalized spacial score (nSPS) is 18.9. The second-order valence-corrected chi connectivity index (χ2v) is 8.85. The lowest BCUT2D eigenvalue weighted by molar-refractivity contribution is 0.0790. The van der Waals surface area contributed by atoms with E-state index in [0.29, 0.717) is 42.4 Å². The number of rotatable bonds is 6. The number of benzene rings is 1. The summed E-state index contributed by atoms with van der Waals surface area (Å²) in [5.41, 5.74) is 1.38. The van der Waals surface area contributed by atoms with Crippen LogP contribution in [-0.2, 0) is 6.54 Å². The Morgan fingerprint density at radius 1 is 1.15 bits per heavy atom. The van der Waals surface area contributed by atoms with E-state index in [2.05, 4.69) is 44.6 Å². The second-order valence-electron chi connectivity index (χ2n) is 8.85. The van der Waals surface area contributed by atoms with Crippen LogP contribution >= 0.6 is 0 Å². The summed E-state index contributed by atoms with van der Waals surface area (Å²) in [6, 6.07) is 10.9. The van der Waals surface area contributed by atoms with Gasteiger partial charge in [0.2, 0.25) is 0 Å². The van der Waals surface area contributed by atoms with E-state index in [1.165, 1.54) is 10.7 Å². The van der Waals surface area contributed by atoms with Gasteiger partial charge in [0.1, 0.15) is 11.6 Å². The highest BCUT2D eigenvalue weighted by Gasteiger charge is 2.23. The Labute approximate surface area is 196 Å². The van der Waals surface area contributed by atoms with Crippen molar-refractivity contribution in [2.24, 2.45) is 0 Å². The number of anilines is 2. The molecule has 9 nitrogen and oxygen atoms in total. The molecule has 5 rings (SSSR count). The van der Waals surface area contributed by atoms with E-state index in [9.17, 15) is 9.18 Å². The van der Waals surface area contributed by atoms with Gasteiger partial charge in [-0.2, -0.15) is 5.10 Å². The Bertz CT molecular complexity index is 1310. The number of halogens is 1. The molecule has 4 heterocycles. The molecule has 1 aromatic carbocycles. The molecule has 0 aliphatic carbocycles. The predicted octanol–water partition coefficient (Wildman–Crippen LogP) is 2.88. The number of nitrogens with zero attached hydrogens (tertiary/aromatic N) is 6. The van der Waals surface area contributed by atoms with Crippen molar-refractivity contribution in [2.45, 2.75) is 32.5 Å². The molecule has 1 fully saturated rings. The first-order chi connectivity index (χ1) is 16.4. The van der Waals surface area contributed by atoms with Gasteiger partial charge in [0, 0.05) is 60.6 Å². The van der Waals surface area contributed by atoms with Crippen molar-refractivity contribution in [1.29, 1.82) is 0 Å². The molecule has 0 spiro atoms. The maximum atomic E-state index is 14.1. The summed E-state index contributed by atoms with van der Waals surface area (Å²) < 4.78 is 17.2. The first-order valence-corrected chi connectivity index (χ1v) is 11.3. The third kappa shape index (κ3) is 4.82. The van der Waals surface area contributed by atoms with Gasteiger partial charge < -0.3 is 10.6 Å². The van der Waals surface area contributed by atoms with Crippen molar-refractivity contribution in [3.8, 4) is 0 Å². The fourth-order valence-corrected chi connectivity index (χ4v) is 4.45. The fraction of sp³-hybridized carbons (Fsp3) is 0.333. The fourth-order valence-electron chi connectivity index (χ4n) is 4.45. The van der Waals surface area contributed by atoms with Crippen LogP contribution in [0.25, 0.3) is 10.9 Å². The number of carbonyl (C=O) groups excluding carboxylic acids is 1. The van der Waals surface area contributed by atoms with Crippen LogP contribution in [0.1, 0.15) is 24.2 Å². The highest BCUT2D eigenvalue weighted by Crippen LogP contribution is 2.20. The van der Waals surface area contributed by atoms with Crippen LogP contribution in [-0.4, -0.2) is 67.1 Å². The maximum Gasteiger partial charge on any atom is 0.261 e. The highest BCUT2D eigenvalue weighted by molar-refractivity contribution is 5.82. The average molecular weight is 463 g/mol. The topological polar surface area (TPSA) is 92.9 Å². The summed E-state index contributed by atoms with van der Waals surface area (Å²) in [5, 5.41) is 16.2. The number of fused-ring (bicyclic) bond motifs is 1. The SMILES string of the molecule is CC1CN(CC(=O)n2ccc(Nc3cc4c(cn3)cnn4Cc3ccccc3F)n2)CC(C)N1. The summed E-state index contributed by atoms with van der Waals surface area (Å²) in [6.45, 7) is 6.52. The lowest BCUT2D eigenvalue weighted by Gasteiger charge is -2.35. The quantitative estimate of drug-likeness (QED) is 0.455. The molecule has 3 aromatic heterocycles. The molecule has 0 amide bonds. The van der Waals surface area contributed by atoms with Gasteiger partial charge in [-0.15, -0.1) is 5.10 Å². The third-order valence-electron chi connectivity index (χ3n) is 5.90. The van der Waals surface area contributed by atoms with Crippen LogP contribution in [0.2, 0.25) is 0 Å². The number of hydrogen-bond acceptors (Lipinski definition) is 7. The molecular formula is C24H27FN8O. The first kappa shape index (κ1) is 22.2. The van der Waals surface area contributed by atoms with Crippen LogP contribution < -0.4 is 10.6 Å². The molecule has 0 bridgehead atoms. The van der Waals surface area contributed by atoms with Crippen molar-refractivity contribution < 1.29 is 9.18 Å². The lowest BCUT2D eigenvalue weighted by atomic mass is 10.1. The van der Waals surface area contributed by atoms with Gasteiger partial charge in [0.15, 0.2) is 5.82 Å². The number of aromatic nitrogens is 5. The summed E-state index contributed by atoms with van der Waals surface area (Å²) >= 11 is 0. The highest BCUT2D eigenvalue weighted by atomic mass is 19.1. The maximum absolute atomic E-state index is 14.1. The van der Waals surface area contributed by atoms with Crippen molar-refractivity contribution in [3.63, 3.8) is 0 Å². The van der Waals surface area contributed by atoms with Gasteiger partial charge in [-0.1, -0.05) is 18.2 Å².